The van der Waals surface area contributed by atoms with E-state index in [2.05, 4.69) is 21.8 Å². The maximum atomic E-state index is 12.6. The number of morpholine rings is 1. The Labute approximate surface area is 185 Å². The molecule has 0 saturated carbocycles. The third-order valence-corrected chi connectivity index (χ3v) is 4.97. The summed E-state index contributed by atoms with van der Waals surface area (Å²) >= 11 is 6.40. The summed E-state index contributed by atoms with van der Waals surface area (Å²) in [5, 5.41) is 19.8. The lowest BCUT2D eigenvalue weighted by Gasteiger charge is -2.25. The average molecular weight is 444 g/mol. The summed E-state index contributed by atoms with van der Waals surface area (Å²) in [4.78, 5) is 12.6. The van der Waals surface area contributed by atoms with Crippen molar-refractivity contribution in [3.63, 3.8) is 0 Å². The van der Waals surface area contributed by atoms with Gasteiger partial charge in [0.2, 0.25) is 0 Å². The third kappa shape index (κ3) is 4.81. The largest absolute Gasteiger partial charge is 0.371 e. The van der Waals surface area contributed by atoms with Crippen LogP contribution in [-0.4, -0.2) is 35.4 Å². The molecule has 1 saturated heterocycles. The number of benzene rings is 2. The zero-order chi connectivity index (χ0) is 20.2. The Bertz CT molecular complexity index is 1070. The standard InChI is InChI=1S/C21H18ClN5O2.ClH/c22-19-9-16(3-6-18(19)20-12-24-7-8-29-20)26-21(28)15-11-25-27(13-15)17-4-1-14(10-23)2-5-17;/h1-6,9,11,13,20,24H,7-8,12H2,(H,26,28);1H/t20-;/m1./s1. The van der Waals surface area contributed by atoms with Crippen LogP contribution in [0, 0.1) is 11.3 Å². The van der Waals surface area contributed by atoms with Crippen molar-refractivity contribution in [3.05, 3.63) is 76.6 Å². The molecule has 3 aromatic rings. The second-order valence-corrected chi connectivity index (χ2v) is 6.99. The van der Waals surface area contributed by atoms with Crippen molar-refractivity contribution in [2.24, 2.45) is 0 Å². The highest BCUT2D eigenvalue weighted by molar-refractivity contribution is 6.31. The van der Waals surface area contributed by atoms with Gasteiger partial charge in [0.25, 0.3) is 5.91 Å². The molecule has 2 N–H and O–H groups in total. The van der Waals surface area contributed by atoms with Gasteiger partial charge in [-0.15, -0.1) is 12.4 Å². The van der Waals surface area contributed by atoms with Crippen molar-refractivity contribution in [3.8, 4) is 11.8 Å². The highest BCUT2D eigenvalue weighted by Crippen LogP contribution is 2.29. The molecule has 1 aliphatic heterocycles. The molecule has 4 rings (SSSR count). The Morgan fingerprint density at radius 1 is 1.30 bits per heavy atom. The smallest absolute Gasteiger partial charge is 0.258 e. The molecule has 1 fully saturated rings. The van der Waals surface area contributed by atoms with E-state index in [1.807, 2.05) is 12.1 Å². The van der Waals surface area contributed by atoms with Crippen LogP contribution in [-0.2, 0) is 4.74 Å². The maximum absolute atomic E-state index is 12.6. The van der Waals surface area contributed by atoms with Crippen LogP contribution in [0.2, 0.25) is 5.02 Å². The number of aromatic nitrogens is 2. The van der Waals surface area contributed by atoms with E-state index in [4.69, 9.17) is 21.6 Å². The summed E-state index contributed by atoms with van der Waals surface area (Å²) < 4.78 is 7.31. The van der Waals surface area contributed by atoms with Crippen molar-refractivity contribution in [2.75, 3.05) is 25.0 Å². The van der Waals surface area contributed by atoms with Gasteiger partial charge in [-0.1, -0.05) is 17.7 Å². The molecule has 2 heterocycles. The van der Waals surface area contributed by atoms with Crippen LogP contribution in [0.25, 0.3) is 5.69 Å². The summed E-state index contributed by atoms with van der Waals surface area (Å²) in [5.41, 5.74) is 3.23. The fourth-order valence-corrected chi connectivity index (χ4v) is 3.41. The summed E-state index contributed by atoms with van der Waals surface area (Å²) in [5.74, 6) is -0.288. The number of hydrogen-bond acceptors (Lipinski definition) is 5. The van der Waals surface area contributed by atoms with Crippen molar-refractivity contribution >= 4 is 35.6 Å². The predicted octanol–water partition coefficient (Wildman–Crippen LogP) is 3.73. The molecule has 154 valence electrons. The van der Waals surface area contributed by atoms with Gasteiger partial charge in [-0.3, -0.25) is 4.79 Å². The van der Waals surface area contributed by atoms with Gasteiger partial charge < -0.3 is 15.4 Å². The van der Waals surface area contributed by atoms with Crippen LogP contribution in [0.5, 0.6) is 0 Å². The Kier molecular flexibility index (Phi) is 7.08. The zero-order valence-corrected chi connectivity index (χ0v) is 17.4. The third-order valence-electron chi connectivity index (χ3n) is 4.64. The molecule has 1 atom stereocenters. The van der Waals surface area contributed by atoms with E-state index < -0.39 is 0 Å². The number of nitrogens with zero attached hydrogens (tertiary/aromatic N) is 3. The van der Waals surface area contributed by atoms with Crippen molar-refractivity contribution in [1.29, 1.82) is 5.26 Å². The number of halogens is 2. The molecule has 1 aliphatic rings. The van der Waals surface area contributed by atoms with E-state index in [-0.39, 0.29) is 24.4 Å². The van der Waals surface area contributed by atoms with Gasteiger partial charge in [0.05, 0.1) is 41.8 Å². The molecule has 0 aliphatic carbocycles. The van der Waals surface area contributed by atoms with Crippen molar-refractivity contribution in [1.82, 2.24) is 15.1 Å². The number of anilines is 1. The van der Waals surface area contributed by atoms with Crippen molar-refractivity contribution < 1.29 is 9.53 Å². The van der Waals surface area contributed by atoms with Crippen LogP contribution >= 0.6 is 24.0 Å². The normalized spacial score (nSPS) is 15.7. The van der Waals surface area contributed by atoms with Crippen LogP contribution in [0.4, 0.5) is 5.69 Å². The number of nitrogens with one attached hydrogen (secondary N) is 2. The lowest BCUT2D eigenvalue weighted by Crippen LogP contribution is -2.33. The van der Waals surface area contributed by atoms with Crippen LogP contribution < -0.4 is 10.6 Å². The zero-order valence-electron chi connectivity index (χ0n) is 15.8. The summed E-state index contributed by atoms with van der Waals surface area (Å²) in [7, 11) is 0. The number of ether oxygens (including phenoxy) is 1. The molecule has 0 bridgehead atoms. The minimum Gasteiger partial charge on any atom is -0.371 e. The van der Waals surface area contributed by atoms with Gasteiger partial charge in [-0.05, 0) is 36.4 Å². The van der Waals surface area contributed by atoms with Crippen molar-refractivity contribution in [2.45, 2.75) is 6.10 Å². The number of nitriles is 1. The fourth-order valence-electron chi connectivity index (χ4n) is 3.10. The number of amides is 1. The second kappa shape index (κ2) is 9.74. The van der Waals surface area contributed by atoms with E-state index in [1.54, 1.807) is 41.2 Å². The molecule has 1 aromatic heterocycles. The van der Waals surface area contributed by atoms with Gasteiger partial charge in [0.1, 0.15) is 0 Å². The molecule has 7 nitrogen and oxygen atoms in total. The number of carbonyl (C=O) groups excluding carboxylic acids is 1. The van der Waals surface area contributed by atoms with Gasteiger partial charge >= 0.3 is 0 Å². The van der Waals surface area contributed by atoms with Gasteiger partial charge in [-0.25, -0.2) is 4.68 Å². The van der Waals surface area contributed by atoms with E-state index >= 15 is 0 Å². The van der Waals surface area contributed by atoms with E-state index in [1.165, 1.54) is 6.20 Å². The first kappa shape index (κ1) is 21.8. The van der Waals surface area contributed by atoms with Crippen LogP contribution in [0.15, 0.2) is 54.9 Å². The highest BCUT2D eigenvalue weighted by Gasteiger charge is 2.19. The van der Waals surface area contributed by atoms with E-state index in [0.717, 1.165) is 17.8 Å². The molecular formula is C21H19Cl2N5O2. The minimum absolute atomic E-state index is 0. The lowest BCUT2D eigenvalue weighted by atomic mass is 10.1. The lowest BCUT2D eigenvalue weighted by molar-refractivity contribution is 0.0278. The SMILES string of the molecule is Cl.N#Cc1ccc(-n2cc(C(=O)Nc3ccc([C@H]4CNCCO4)c(Cl)c3)cn2)cc1. The first-order chi connectivity index (χ1) is 14.1. The Hall–Kier alpha value is -2.89. The Morgan fingerprint density at radius 2 is 2.10 bits per heavy atom. The maximum Gasteiger partial charge on any atom is 0.258 e. The number of carbonyl (C=O) groups is 1. The monoisotopic (exact) mass is 443 g/mol. The molecular weight excluding hydrogens is 425 g/mol. The molecule has 30 heavy (non-hydrogen) atoms. The van der Waals surface area contributed by atoms with E-state index in [0.29, 0.717) is 35.0 Å². The van der Waals surface area contributed by atoms with Crippen LogP contribution in [0.1, 0.15) is 27.6 Å². The summed E-state index contributed by atoms with van der Waals surface area (Å²) in [6.07, 6.45) is 3.03. The van der Waals surface area contributed by atoms with Gasteiger partial charge in [0, 0.05) is 35.6 Å². The molecule has 0 unspecified atom stereocenters. The summed E-state index contributed by atoms with van der Waals surface area (Å²) in [6, 6.07) is 14.4. The quantitative estimate of drug-likeness (QED) is 0.640. The topological polar surface area (TPSA) is 92.0 Å². The predicted molar refractivity (Wildman–Crippen MR) is 116 cm³/mol. The Balaban J connectivity index is 0.00000256. The molecule has 1 amide bonds. The van der Waals surface area contributed by atoms with Gasteiger partial charge in [-0.2, -0.15) is 10.4 Å². The number of rotatable bonds is 4. The highest BCUT2D eigenvalue weighted by atomic mass is 35.5. The van der Waals surface area contributed by atoms with Gasteiger partial charge in [0.15, 0.2) is 0 Å². The second-order valence-electron chi connectivity index (χ2n) is 6.59. The molecule has 0 radical (unpaired) electrons. The average Bonchev–Trinajstić information content (AvgIpc) is 3.25. The first-order valence-corrected chi connectivity index (χ1v) is 9.50. The minimum atomic E-state index is -0.288. The molecule has 2 aromatic carbocycles. The van der Waals surface area contributed by atoms with Crippen LogP contribution in [0.3, 0.4) is 0 Å². The van der Waals surface area contributed by atoms with E-state index in [9.17, 15) is 4.79 Å². The Morgan fingerprint density at radius 3 is 2.77 bits per heavy atom. The summed E-state index contributed by atoms with van der Waals surface area (Å²) in [6.45, 7) is 2.18. The first-order valence-electron chi connectivity index (χ1n) is 9.12. The molecule has 9 heteroatoms. The molecule has 0 spiro atoms. The number of hydrogen-bond donors (Lipinski definition) is 2. The fraction of sp³-hybridized carbons (Fsp3) is 0.190.